The second kappa shape index (κ2) is 6.86. The highest BCUT2D eigenvalue weighted by Crippen LogP contribution is 2.11. The number of benzene rings is 1. The SMILES string of the molecule is C=C(CNC(C)c1ccccc1)C(=O)OCC. The van der Waals surface area contributed by atoms with Gasteiger partial charge in [-0.25, -0.2) is 4.79 Å². The zero-order chi connectivity index (χ0) is 12.7. The lowest BCUT2D eigenvalue weighted by Gasteiger charge is -2.14. The van der Waals surface area contributed by atoms with E-state index in [-0.39, 0.29) is 12.0 Å². The van der Waals surface area contributed by atoms with Crippen molar-refractivity contribution in [2.75, 3.05) is 13.2 Å². The van der Waals surface area contributed by atoms with Crippen LogP contribution in [-0.4, -0.2) is 19.1 Å². The van der Waals surface area contributed by atoms with Gasteiger partial charge in [-0.1, -0.05) is 36.9 Å². The Balaban J connectivity index is 2.41. The summed E-state index contributed by atoms with van der Waals surface area (Å²) in [7, 11) is 0. The van der Waals surface area contributed by atoms with Gasteiger partial charge in [0.25, 0.3) is 0 Å². The topological polar surface area (TPSA) is 38.3 Å². The van der Waals surface area contributed by atoms with Crippen LogP contribution in [0.4, 0.5) is 0 Å². The minimum absolute atomic E-state index is 0.183. The highest BCUT2D eigenvalue weighted by molar-refractivity contribution is 5.88. The Kier molecular flexibility index (Phi) is 5.43. The first kappa shape index (κ1) is 13.5. The molecule has 0 heterocycles. The van der Waals surface area contributed by atoms with Crippen molar-refractivity contribution in [2.45, 2.75) is 19.9 Å². The molecule has 3 heteroatoms. The van der Waals surface area contributed by atoms with E-state index < -0.39 is 0 Å². The van der Waals surface area contributed by atoms with Crippen LogP contribution in [0.15, 0.2) is 42.5 Å². The molecule has 1 rings (SSSR count). The highest BCUT2D eigenvalue weighted by atomic mass is 16.5. The average molecular weight is 233 g/mol. The smallest absolute Gasteiger partial charge is 0.334 e. The summed E-state index contributed by atoms with van der Waals surface area (Å²) in [5, 5.41) is 3.24. The quantitative estimate of drug-likeness (QED) is 0.606. The molecule has 92 valence electrons. The van der Waals surface area contributed by atoms with Crippen molar-refractivity contribution in [2.24, 2.45) is 0 Å². The summed E-state index contributed by atoms with van der Waals surface area (Å²) in [6.07, 6.45) is 0. The first-order chi connectivity index (χ1) is 8.15. The van der Waals surface area contributed by atoms with E-state index in [0.29, 0.717) is 18.7 Å². The van der Waals surface area contributed by atoms with Crippen molar-refractivity contribution in [3.63, 3.8) is 0 Å². The fourth-order valence-electron chi connectivity index (χ4n) is 1.44. The van der Waals surface area contributed by atoms with E-state index in [2.05, 4.69) is 11.9 Å². The van der Waals surface area contributed by atoms with Crippen LogP contribution >= 0.6 is 0 Å². The summed E-state index contributed by atoms with van der Waals surface area (Å²) >= 11 is 0. The van der Waals surface area contributed by atoms with Gasteiger partial charge in [-0.05, 0) is 19.4 Å². The number of hydrogen-bond donors (Lipinski definition) is 1. The largest absolute Gasteiger partial charge is 0.463 e. The molecule has 1 aromatic carbocycles. The number of carbonyl (C=O) groups is 1. The van der Waals surface area contributed by atoms with E-state index in [0.717, 1.165) is 0 Å². The Hall–Kier alpha value is -1.61. The van der Waals surface area contributed by atoms with Gasteiger partial charge in [-0.15, -0.1) is 0 Å². The van der Waals surface area contributed by atoms with Gasteiger partial charge in [0, 0.05) is 18.2 Å². The van der Waals surface area contributed by atoms with Gasteiger partial charge in [0.2, 0.25) is 0 Å². The molecule has 0 spiro atoms. The van der Waals surface area contributed by atoms with Crippen molar-refractivity contribution < 1.29 is 9.53 Å². The molecular weight excluding hydrogens is 214 g/mol. The fraction of sp³-hybridized carbons (Fsp3) is 0.357. The van der Waals surface area contributed by atoms with Crippen molar-refractivity contribution in [1.82, 2.24) is 5.32 Å². The molecule has 3 nitrogen and oxygen atoms in total. The summed E-state index contributed by atoms with van der Waals surface area (Å²) in [4.78, 5) is 11.3. The van der Waals surface area contributed by atoms with Gasteiger partial charge in [-0.2, -0.15) is 0 Å². The van der Waals surface area contributed by atoms with Crippen LogP contribution < -0.4 is 5.32 Å². The maximum absolute atomic E-state index is 11.3. The number of carbonyl (C=O) groups excluding carboxylic acids is 1. The normalized spacial score (nSPS) is 11.9. The minimum Gasteiger partial charge on any atom is -0.463 e. The van der Waals surface area contributed by atoms with E-state index in [4.69, 9.17) is 4.74 Å². The molecule has 0 saturated heterocycles. The van der Waals surface area contributed by atoms with Gasteiger partial charge < -0.3 is 10.1 Å². The van der Waals surface area contributed by atoms with E-state index in [1.807, 2.05) is 37.3 Å². The van der Waals surface area contributed by atoms with Gasteiger partial charge in [0.15, 0.2) is 0 Å². The van der Waals surface area contributed by atoms with Crippen LogP contribution in [0.3, 0.4) is 0 Å². The van der Waals surface area contributed by atoms with Gasteiger partial charge >= 0.3 is 5.97 Å². The van der Waals surface area contributed by atoms with Crippen LogP contribution in [0.1, 0.15) is 25.5 Å². The zero-order valence-corrected chi connectivity index (χ0v) is 10.4. The third-order valence-corrected chi connectivity index (χ3v) is 2.49. The molecule has 1 aromatic rings. The molecule has 0 aromatic heterocycles. The summed E-state index contributed by atoms with van der Waals surface area (Å²) in [5.74, 6) is -0.333. The molecule has 17 heavy (non-hydrogen) atoms. The molecule has 0 aliphatic carbocycles. The number of hydrogen-bond acceptors (Lipinski definition) is 3. The summed E-state index contributed by atoms with van der Waals surface area (Å²) < 4.78 is 4.86. The second-order valence-electron chi connectivity index (χ2n) is 3.84. The first-order valence-electron chi connectivity index (χ1n) is 5.78. The van der Waals surface area contributed by atoms with Crippen LogP contribution in [0.2, 0.25) is 0 Å². The first-order valence-corrected chi connectivity index (χ1v) is 5.78. The maximum atomic E-state index is 11.3. The lowest BCUT2D eigenvalue weighted by atomic mass is 10.1. The van der Waals surface area contributed by atoms with Crippen molar-refractivity contribution in [3.8, 4) is 0 Å². The Morgan fingerprint density at radius 1 is 1.41 bits per heavy atom. The van der Waals surface area contributed by atoms with Crippen LogP contribution in [0, 0.1) is 0 Å². The van der Waals surface area contributed by atoms with Gasteiger partial charge in [-0.3, -0.25) is 0 Å². The monoisotopic (exact) mass is 233 g/mol. The predicted molar refractivity (Wildman–Crippen MR) is 68.6 cm³/mol. The fourth-order valence-corrected chi connectivity index (χ4v) is 1.44. The summed E-state index contributed by atoms with van der Waals surface area (Å²) in [6.45, 7) is 8.35. The van der Waals surface area contributed by atoms with Crippen LogP contribution in [-0.2, 0) is 9.53 Å². The average Bonchev–Trinajstić information content (AvgIpc) is 2.36. The lowest BCUT2D eigenvalue weighted by Crippen LogP contribution is -2.24. The standard InChI is InChI=1S/C14H19NO2/c1-4-17-14(16)11(2)10-15-12(3)13-8-6-5-7-9-13/h5-9,12,15H,2,4,10H2,1,3H3. The number of nitrogens with one attached hydrogen (secondary N) is 1. The molecule has 0 aliphatic heterocycles. The van der Waals surface area contributed by atoms with Crippen molar-refractivity contribution in [3.05, 3.63) is 48.0 Å². The Bertz CT molecular complexity index is 373. The maximum Gasteiger partial charge on any atom is 0.334 e. The number of rotatable bonds is 6. The molecular formula is C14H19NO2. The van der Waals surface area contributed by atoms with Gasteiger partial charge in [0.1, 0.15) is 0 Å². The summed E-state index contributed by atoms with van der Waals surface area (Å²) in [6, 6.07) is 10.2. The van der Waals surface area contributed by atoms with Crippen molar-refractivity contribution in [1.29, 1.82) is 0 Å². The molecule has 0 saturated carbocycles. The third-order valence-electron chi connectivity index (χ3n) is 2.49. The lowest BCUT2D eigenvalue weighted by molar-refractivity contribution is -0.138. The predicted octanol–water partition coefficient (Wildman–Crippen LogP) is 2.46. The molecule has 0 bridgehead atoms. The number of ether oxygens (including phenoxy) is 1. The molecule has 1 atom stereocenters. The third kappa shape index (κ3) is 4.41. The zero-order valence-electron chi connectivity index (χ0n) is 10.4. The molecule has 0 radical (unpaired) electrons. The molecule has 1 N–H and O–H groups in total. The Morgan fingerprint density at radius 3 is 2.65 bits per heavy atom. The van der Waals surface area contributed by atoms with Gasteiger partial charge in [0.05, 0.1) is 6.61 Å². The van der Waals surface area contributed by atoms with Crippen LogP contribution in [0.25, 0.3) is 0 Å². The summed E-state index contributed by atoms with van der Waals surface area (Å²) in [5.41, 5.74) is 1.64. The van der Waals surface area contributed by atoms with Crippen molar-refractivity contribution >= 4 is 5.97 Å². The molecule has 0 fully saturated rings. The van der Waals surface area contributed by atoms with E-state index >= 15 is 0 Å². The minimum atomic E-state index is -0.333. The highest BCUT2D eigenvalue weighted by Gasteiger charge is 2.09. The Morgan fingerprint density at radius 2 is 2.06 bits per heavy atom. The Labute approximate surface area is 102 Å². The van der Waals surface area contributed by atoms with E-state index in [1.165, 1.54) is 5.56 Å². The molecule has 0 amide bonds. The molecule has 0 aliphatic rings. The number of esters is 1. The van der Waals surface area contributed by atoms with Crippen LogP contribution in [0.5, 0.6) is 0 Å². The second-order valence-corrected chi connectivity index (χ2v) is 3.84. The van der Waals surface area contributed by atoms with E-state index in [9.17, 15) is 4.79 Å². The molecule has 1 unspecified atom stereocenters. The van der Waals surface area contributed by atoms with E-state index in [1.54, 1.807) is 6.92 Å².